The van der Waals surface area contributed by atoms with E-state index < -0.39 is 0 Å². The average Bonchev–Trinajstić information content (AvgIpc) is 2.96. The van der Waals surface area contributed by atoms with Crippen molar-refractivity contribution in [3.05, 3.63) is 40.2 Å². The molecule has 1 aromatic heterocycles. The number of hydrogen-bond donors (Lipinski definition) is 1. The lowest BCUT2D eigenvalue weighted by molar-refractivity contribution is 0.0722. The molecule has 2 rings (SSSR count). The molecule has 0 atom stereocenters. The van der Waals surface area contributed by atoms with Gasteiger partial charge in [0.25, 0.3) is 0 Å². The highest BCUT2D eigenvalue weighted by Crippen LogP contribution is 2.23. The summed E-state index contributed by atoms with van der Waals surface area (Å²) < 4.78 is 10.4. The van der Waals surface area contributed by atoms with Crippen molar-refractivity contribution in [2.45, 2.75) is 13.0 Å². The van der Waals surface area contributed by atoms with Crippen molar-refractivity contribution in [2.75, 3.05) is 26.9 Å². The second-order valence-electron chi connectivity index (χ2n) is 4.39. The number of nitrogens with zero attached hydrogens (tertiary/aromatic N) is 1. The molecule has 0 radical (unpaired) electrons. The molecule has 108 valence electrons. The molecule has 0 saturated carbocycles. The van der Waals surface area contributed by atoms with E-state index in [1.165, 1.54) is 0 Å². The van der Waals surface area contributed by atoms with Gasteiger partial charge in [-0.15, -0.1) is 11.3 Å². The molecular formula is C15H20N2O2S. The predicted molar refractivity (Wildman–Crippen MR) is 81.8 cm³/mol. The summed E-state index contributed by atoms with van der Waals surface area (Å²) in [7, 11) is 1.67. The molecule has 1 aromatic carbocycles. The van der Waals surface area contributed by atoms with Crippen LogP contribution in [0.3, 0.4) is 0 Å². The van der Waals surface area contributed by atoms with Crippen LogP contribution in [0.2, 0.25) is 0 Å². The quantitative estimate of drug-likeness (QED) is 0.759. The highest BCUT2D eigenvalue weighted by molar-refractivity contribution is 7.09. The fraction of sp³-hybridized carbons (Fsp3) is 0.400. The summed E-state index contributed by atoms with van der Waals surface area (Å²) in [4.78, 5) is 4.64. The molecule has 0 saturated heterocycles. The lowest BCUT2D eigenvalue weighted by atomic mass is 10.1. The molecule has 0 aliphatic carbocycles. The fourth-order valence-corrected chi connectivity index (χ4v) is 2.61. The number of benzene rings is 1. The van der Waals surface area contributed by atoms with E-state index >= 15 is 0 Å². The van der Waals surface area contributed by atoms with Gasteiger partial charge in [0.1, 0.15) is 0 Å². The molecule has 4 nitrogen and oxygen atoms in total. The Morgan fingerprint density at radius 2 is 2.15 bits per heavy atom. The van der Waals surface area contributed by atoms with Crippen molar-refractivity contribution in [1.82, 2.24) is 4.98 Å². The fourth-order valence-electron chi connectivity index (χ4n) is 1.82. The van der Waals surface area contributed by atoms with Crippen LogP contribution in [0.5, 0.6) is 0 Å². The van der Waals surface area contributed by atoms with E-state index in [-0.39, 0.29) is 0 Å². The van der Waals surface area contributed by atoms with E-state index in [1.807, 2.05) is 12.1 Å². The van der Waals surface area contributed by atoms with E-state index in [9.17, 15) is 0 Å². The lowest BCUT2D eigenvalue weighted by Crippen LogP contribution is -2.04. The number of ether oxygens (including phenoxy) is 2. The highest BCUT2D eigenvalue weighted by atomic mass is 32.1. The topological polar surface area (TPSA) is 57.4 Å². The van der Waals surface area contributed by atoms with Crippen LogP contribution in [-0.2, 0) is 22.4 Å². The summed E-state index contributed by atoms with van der Waals surface area (Å²) in [6, 6.07) is 8.20. The van der Waals surface area contributed by atoms with Crippen molar-refractivity contribution in [1.29, 1.82) is 0 Å². The van der Waals surface area contributed by atoms with Crippen molar-refractivity contribution in [3.63, 3.8) is 0 Å². The SMILES string of the molecule is COCCOCCc1nc(-c2cccc(CN)c2)cs1. The first-order valence-corrected chi connectivity index (χ1v) is 7.52. The zero-order chi connectivity index (χ0) is 14.2. The van der Waals surface area contributed by atoms with Gasteiger partial charge < -0.3 is 15.2 Å². The molecule has 0 amide bonds. The Balaban J connectivity index is 1.91. The molecule has 1 heterocycles. The van der Waals surface area contributed by atoms with E-state index in [2.05, 4.69) is 22.5 Å². The van der Waals surface area contributed by atoms with Gasteiger partial charge in [-0.1, -0.05) is 18.2 Å². The Kier molecular flexibility index (Phi) is 6.14. The molecule has 2 aromatic rings. The minimum Gasteiger partial charge on any atom is -0.382 e. The number of thiazole rings is 1. The van der Waals surface area contributed by atoms with Gasteiger partial charge in [0.05, 0.1) is 30.5 Å². The largest absolute Gasteiger partial charge is 0.382 e. The van der Waals surface area contributed by atoms with Crippen LogP contribution in [0.1, 0.15) is 10.6 Å². The van der Waals surface area contributed by atoms with Gasteiger partial charge in [-0.2, -0.15) is 0 Å². The molecule has 0 spiro atoms. The normalized spacial score (nSPS) is 10.9. The first-order chi connectivity index (χ1) is 9.83. The molecule has 20 heavy (non-hydrogen) atoms. The Bertz CT molecular complexity index is 528. The summed E-state index contributed by atoms with van der Waals surface area (Å²) in [5.41, 5.74) is 8.92. The monoisotopic (exact) mass is 292 g/mol. The summed E-state index contributed by atoms with van der Waals surface area (Å²) in [5, 5.41) is 3.18. The molecule has 0 unspecified atom stereocenters. The van der Waals surface area contributed by atoms with Crippen molar-refractivity contribution < 1.29 is 9.47 Å². The Morgan fingerprint density at radius 1 is 1.25 bits per heavy atom. The van der Waals surface area contributed by atoms with E-state index in [0.29, 0.717) is 26.4 Å². The van der Waals surface area contributed by atoms with Gasteiger partial charge in [-0.25, -0.2) is 4.98 Å². The van der Waals surface area contributed by atoms with E-state index in [4.69, 9.17) is 15.2 Å². The minimum absolute atomic E-state index is 0.554. The molecule has 0 aliphatic rings. The van der Waals surface area contributed by atoms with Gasteiger partial charge in [-0.05, 0) is 11.6 Å². The summed E-state index contributed by atoms with van der Waals surface area (Å²) in [5.74, 6) is 0. The maximum Gasteiger partial charge on any atom is 0.0955 e. The number of nitrogens with two attached hydrogens (primary N) is 1. The second-order valence-corrected chi connectivity index (χ2v) is 5.33. The van der Waals surface area contributed by atoms with Crippen molar-refractivity contribution in [3.8, 4) is 11.3 Å². The number of aromatic nitrogens is 1. The first kappa shape index (κ1) is 15.1. The summed E-state index contributed by atoms with van der Waals surface area (Å²) >= 11 is 1.67. The van der Waals surface area contributed by atoms with Crippen molar-refractivity contribution >= 4 is 11.3 Å². The van der Waals surface area contributed by atoms with Gasteiger partial charge in [0.2, 0.25) is 0 Å². The van der Waals surface area contributed by atoms with Crippen LogP contribution in [0.15, 0.2) is 29.6 Å². The minimum atomic E-state index is 0.554. The van der Waals surface area contributed by atoms with Gasteiger partial charge in [0.15, 0.2) is 0 Å². The third-order valence-corrected chi connectivity index (χ3v) is 3.81. The lowest BCUT2D eigenvalue weighted by Gasteiger charge is -2.01. The van der Waals surface area contributed by atoms with Crippen LogP contribution in [-0.4, -0.2) is 31.9 Å². The Hall–Kier alpha value is -1.27. The van der Waals surface area contributed by atoms with Gasteiger partial charge >= 0.3 is 0 Å². The number of methoxy groups -OCH3 is 1. The third kappa shape index (κ3) is 4.38. The van der Waals surface area contributed by atoms with Crippen LogP contribution in [0, 0.1) is 0 Å². The average molecular weight is 292 g/mol. The maximum atomic E-state index is 5.66. The van der Waals surface area contributed by atoms with Crippen LogP contribution >= 0.6 is 11.3 Å². The molecule has 0 bridgehead atoms. The molecule has 2 N–H and O–H groups in total. The van der Waals surface area contributed by atoms with Crippen molar-refractivity contribution in [2.24, 2.45) is 5.73 Å². The van der Waals surface area contributed by atoms with Gasteiger partial charge in [0, 0.05) is 31.0 Å². The Morgan fingerprint density at radius 3 is 2.95 bits per heavy atom. The second kappa shape index (κ2) is 8.11. The first-order valence-electron chi connectivity index (χ1n) is 6.64. The maximum absolute atomic E-state index is 5.66. The highest BCUT2D eigenvalue weighted by Gasteiger charge is 2.05. The zero-order valence-electron chi connectivity index (χ0n) is 11.7. The summed E-state index contributed by atoms with van der Waals surface area (Å²) in [6.45, 7) is 2.50. The summed E-state index contributed by atoms with van der Waals surface area (Å²) in [6.07, 6.45) is 0.838. The van der Waals surface area contributed by atoms with Gasteiger partial charge in [-0.3, -0.25) is 0 Å². The zero-order valence-corrected chi connectivity index (χ0v) is 12.5. The smallest absolute Gasteiger partial charge is 0.0955 e. The standard InChI is InChI=1S/C15H20N2O2S/c1-18-7-8-19-6-5-15-17-14(11-20-15)13-4-2-3-12(9-13)10-16/h2-4,9,11H,5-8,10,16H2,1H3. The third-order valence-electron chi connectivity index (χ3n) is 2.90. The van der Waals surface area contributed by atoms with Crippen LogP contribution in [0.4, 0.5) is 0 Å². The molecule has 0 fully saturated rings. The number of hydrogen-bond acceptors (Lipinski definition) is 5. The Labute approximate surface area is 123 Å². The van der Waals surface area contributed by atoms with E-state index in [0.717, 1.165) is 28.2 Å². The number of rotatable bonds is 8. The molecule has 5 heteroatoms. The van der Waals surface area contributed by atoms with Crippen LogP contribution in [0.25, 0.3) is 11.3 Å². The predicted octanol–water partition coefficient (Wildman–Crippen LogP) is 2.47. The molecular weight excluding hydrogens is 272 g/mol. The van der Waals surface area contributed by atoms with E-state index in [1.54, 1.807) is 18.4 Å². The van der Waals surface area contributed by atoms with Crippen LogP contribution < -0.4 is 5.73 Å². The molecule has 0 aliphatic heterocycles.